The summed E-state index contributed by atoms with van der Waals surface area (Å²) in [6, 6.07) is 0. The second-order valence-corrected chi connectivity index (χ2v) is 30.4. The summed E-state index contributed by atoms with van der Waals surface area (Å²) in [5, 5.41) is 10.6. The molecule has 6 atom stereocenters. The molecule has 3 N–H and O–H groups in total. The van der Waals surface area contributed by atoms with Gasteiger partial charge in [-0.1, -0.05) is 318 Å². The molecule has 0 aliphatic rings. The van der Waals surface area contributed by atoms with Crippen molar-refractivity contribution in [2.45, 2.75) is 388 Å². The van der Waals surface area contributed by atoms with E-state index in [0.717, 1.165) is 108 Å². The summed E-state index contributed by atoms with van der Waals surface area (Å²) in [6.45, 7) is 11.8. The average molecular weight is 1350 g/mol. The Labute approximate surface area is 562 Å². The van der Waals surface area contributed by atoms with Crippen molar-refractivity contribution in [1.29, 1.82) is 0 Å². The largest absolute Gasteiger partial charge is 0.472 e. The molecule has 0 aromatic rings. The number of esters is 4. The number of phosphoric acid groups is 2. The molecule has 0 saturated heterocycles. The van der Waals surface area contributed by atoms with Crippen molar-refractivity contribution in [3.8, 4) is 0 Å². The Morgan fingerprint density at radius 1 is 0.315 bits per heavy atom. The van der Waals surface area contributed by atoms with Gasteiger partial charge in [0.05, 0.1) is 26.4 Å². The summed E-state index contributed by atoms with van der Waals surface area (Å²) < 4.78 is 68.4. The SMILES string of the molecule is CCCCCCCCCCCCCCCC(=O)OC[C@H](COP(=O)(O)OC[C@@H](O)COP(=O)(O)OC[C@@H](COC(=O)CCCCCCCCC(C)CC)OC(=O)CCCCCCCCCC(C)C)OC(=O)CCCCCCCCCCCCCCCCCCC(C)C. The van der Waals surface area contributed by atoms with Gasteiger partial charge in [0.15, 0.2) is 12.2 Å². The quantitative estimate of drug-likeness (QED) is 0.0222. The van der Waals surface area contributed by atoms with E-state index in [9.17, 15) is 43.2 Å². The minimum Gasteiger partial charge on any atom is -0.462 e. The molecule has 0 aromatic heterocycles. The monoisotopic (exact) mass is 1350 g/mol. The second kappa shape index (κ2) is 63.8. The number of carbonyl (C=O) groups excluding carboxylic acids is 4. The van der Waals surface area contributed by atoms with Gasteiger partial charge in [-0.2, -0.15) is 0 Å². The summed E-state index contributed by atoms with van der Waals surface area (Å²) in [7, 11) is -9.90. The number of carbonyl (C=O) groups is 4. The summed E-state index contributed by atoms with van der Waals surface area (Å²) in [4.78, 5) is 72.6. The van der Waals surface area contributed by atoms with E-state index in [2.05, 4.69) is 48.5 Å². The maximum absolute atomic E-state index is 13.1. The molecule has 0 amide bonds. The predicted molar refractivity (Wildman–Crippen MR) is 372 cm³/mol. The van der Waals surface area contributed by atoms with Crippen LogP contribution in [-0.4, -0.2) is 96.7 Å². The minimum absolute atomic E-state index is 0.102. The maximum atomic E-state index is 13.1. The molecular weight excluding hydrogens is 1210 g/mol. The zero-order valence-electron chi connectivity index (χ0n) is 60.0. The number of unbranched alkanes of at least 4 members (excludes halogenated alkanes) is 38. The molecule has 19 heteroatoms. The highest BCUT2D eigenvalue weighted by atomic mass is 31.2. The van der Waals surface area contributed by atoms with Gasteiger partial charge in [-0.3, -0.25) is 37.3 Å². The van der Waals surface area contributed by atoms with Gasteiger partial charge in [-0.05, 0) is 43.4 Å². The lowest BCUT2D eigenvalue weighted by atomic mass is 10.00. The van der Waals surface area contributed by atoms with Crippen LogP contribution in [0.2, 0.25) is 0 Å². The fourth-order valence-electron chi connectivity index (χ4n) is 11.0. The summed E-state index contributed by atoms with van der Waals surface area (Å²) in [6.07, 6.45) is 48.7. The number of aliphatic hydroxyl groups is 1. The molecule has 0 heterocycles. The molecule has 546 valence electrons. The molecule has 0 aliphatic heterocycles. The van der Waals surface area contributed by atoms with Gasteiger partial charge in [0.25, 0.3) is 0 Å². The highest BCUT2D eigenvalue weighted by molar-refractivity contribution is 7.47. The van der Waals surface area contributed by atoms with E-state index in [1.54, 1.807) is 0 Å². The maximum Gasteiger partial charge on any atom is 0.472 e. The Balaban J connectivity index is 5.22. The highest BCUT2D eigenvalue weighted by Crippen LogP contribution is 2.45. The topological polar surface area (TPSA) is 237 Å². The standard InChI is InChI=1S/C73H142O17P2/c1-8-10-11-12-13-14-15-20-24-27-32-40-47-54-70(75)83-60-68(89-72(77)56-49-42-33-28-25-22-19-17-16-18-21-23-26-30-37-44-51-64(3)4)62-87-91(79,80)85-58-67(74)59-86-92(81,82)88-63-69(90-73(78)57-50-43-34-29-31-38-45-52-65(5)6)61-84-71(76)55-48-41-36-35-39-46-53-66(7)9-2/h64-69,74H,8-63H2,1-7H3,(H,79,80)(H,81,82)/t66?,67-,68-,69-/m1/s1. The first kappa shape index (κ1) is 90.1. The van der Waals surface area contributed by atoms with Crippen molar-refractivity contribution in [1.82, 2.24) is 0 Å². The van der Waals surface area contributed by atoms with Crippen molar-refractivity contribution in [3.63, 3.8) is 0 Å². The van der Waals surface area contributed by atoms with Crippen LogP contribution in [0.1, 0.15) is 370 Å². The van der Waals surface area contributed by atoms with Crippen LogP contribution in [-0.2, 0) is 65.4 Å². The van der Waals surface area contributed by atoms with E-state index in [4.69, 9.17) is 37.0 Å². The zero-order chi connectivity index (χ0) is 68.0. The van der Waals surface area contributed by atoms with Crippen LogP contribution in [0, 0.1) is 17.8 Å². The third-order valence-electron chi connectivity index (χ3n) is 17.2. The first-order chi connectivity index (χ1) is 44.3. The molecule has 0 radical (unpaired) electrons. The summed E-state index contributed by atoms with van der Waals surface area (Å²) in [5.74, 6) is 0.111. The number of hydrogen-bond donors (Lipinski definition) is 3. The number of phosphoric ester groups is 2. The fraction of sp³-hybridized carbons (Fsp3) is 0.945. The number of hydrogen-bond acceptors (Lipinski definition) is 15. The van der Waals surface area contributed by atoms with Crippen molar-refractivity contribution in [2.24, 2.45) is 17.8 Å². The minimum atomic E-state index is -4.95. The predicted octanol–water partition coefficient (Wildman–Crippen LogP) is 21.0. The average Bonchev–Trinajstić information content (AvgIpc) is 2.21. The lowest BCUT2D eigenvalue weighted by Crippen LogP contribution is -2.30. The van der Waals surface area contributed by atoms with Crippen LogP contribution in [0.25, 0.3) is 0 Å². The van der Waals surface area contributed by atoms with E-state index < -0.39 is 97.5 Å². The fourth-order valence-corrected chi connectivity index (χ4v) is 12.6. The molecule has 0 rings (SSSR count). The van der Waals surface area contributed by atoms with Gasteiger partial charge < -0.3 is 33.8 Å². The Morgan fingerprint density at radius 2 is 0.554 bits per heavy atom. The third-order valence-corrected chi connectivity index (χ3v) is 19.1. The third kappa shape index (κ3) is 65.4. The Hall–Kier alpha value is -1.94. The zero-order valence-corrected chi connectivity index (χ0v) is 61.8. The van der Waals surface area contributed by atoms with Crippen LogP contribution in [0.3, 0.4) is 0 Å². The van der Waals surface area contributed by atoms with Gasteiger partial charge in [0.1, 0.15) is 19.3 Å². The van der Waals surface area contributed by atoms with Crippen molar-refractivity contribution in [3.05, 3.63) is 0 Å². The van der Waals surface area contributed by atoms with Crippen LogP contribution in [0.4, 0.5) is 0 Å². The lowest BCUT2D eigenvalue weighted by molar-refractivity contribution is -0.161. The Kier molecular flexibility index (Phi) is 62.4. The second-order valence-electron chi connectivity index (χ2n) is 27.5. The number of aliphatic hydroxyl groups excluding tert-OH is 1. The van der Waals surface area contributed by atoms with E-state index >= 15 is 0 Å². The smallest absolute Gasteiger partial charge is 0.462 e. The molecular formula is C73H142O17P2. The molecule has 0 spiro atoms. The van der Waals surface area contributed by atoms with Crippen LogP contribution in [0.15, 0.2) is 0 Å². The van der Waals surface area contributed by atoms with Gasteiger partial charge in [-0.25, -0.2) is 9.13 Å². The molecule has 0 bridgehead atoms. The first-order valence-corrected chi connectivity index (χ1v) is 40.9. The Morgan fingerprint density at radius 3 is 0.826 bits per heavy atom. The summed E-state index contributed by atoms with van der Waals surface area (Å²) >= 11 is 0. The van der Waals surface area contributed by atoms with E-state index in [0.29, 0.717) is 31.6 Å². The molecule has 0 aromatic carbocycles. The normalized spacial score (nSPS) is 14.4. The molecule has 0 aliphatic carbocycles. The van der Waals surface area contributed by atoms with Crippen molar-refractivity contribution < 1.29 is 80.2 Å². The van der Waals surface area contributed by atoms with E-state index in [-0.39, 0.29) is 25.7 Å². The number of ether oxygens (including phenoxy) is 4. The Bertz CT molecular complexity index is 1800. The molecule has 0 fully saturated rings. The van der Waals surface area contributed by atoms with Crippen LogP contribution < -0.4 is 0 Å². The number of rotatable bonds is 71. The van der Waals surface area contributed by atoms with Crippen LogP contribution >= 0.6 is 15.6 Å². The van der Waals surface area contributed by atoms with E-state index in [1.165, 1.54) is 173 Å². The van der Waals surface area contributed by atoms with Gasteiger partial charge in [0, 0.05) is 25.7 Å². The highest BCUT2D eigenvalue weighted by Gasteiger charge is 2.30. The molecule has 92 heavy (non-hydrogen) atoms. The van der Waals surface area contributed by atoms with Crippen molar-refractivity contribution in [2.75, 3.05) is 39.6 Å². The van der Waals surface area contributed by atoms with Crippen LogP contribution in [0.5, 0.6) is 0 Å². The molecule has 0 saturated carbocycles. The molecule has 3 unspecified atom stereocenters. The lowest BCUT2D eigenvalue weighted by Gasteiger charge is -2.21. The summed E-state index contributed by atoms with van der Waals surface area (Å²) in [5.41, 5.74) is 0. The van der Waals surface area contributed by atoms with Gasteiger partial charge in [-0.15, -0.1) is 0 Å². The first-order valence-electron chi connectivity index (χ1n) is 37.9. The van der Waals surface area contributed by atoms with E-state index in [1.807, 2.05) is 0 Å². The van der Waals surface area contributed by atoms with Gasteiger partial charge in [0.2, 0.25) is 0 Å². The molecule has 17 nitrogen and oxygen atoms in total. The van der Waals surface area contributed by atoms with Crippen molar-refractivity contribution >= 4 is 39.5 Å². The van der Waals surface area contributed by atoms with Gasteiger partial charge >= 0.3 is 39.5 Å².